The summed E-state index contributed by atoms with van der Waals surface area (Å²) < 4.78 is 1.83. The lowest BCUT2D eigenvalue weighted by molar-refractivity contribution is 0.534. The van der Waals surface area contributed by atoms with Crippen LogP contribution in [0.5, 0.6) is 0 Å². The third kappa shape index (κ3) is 3.58. The van der Waals surface area contributed by atoms with E-state index in [9.17, 15) is 4.79 Å². The van der Waals surface area contributed by atoms with Crippen molar-refractivity contribution in [1.29, 1.82) is 0 Å². The van der Waals surface area contributed by atoms with E-state index in [0.29, 0.717) is 11.1 Å². The molecule has 0 aromatic carbocycles. The largest absolute Gasteiger partial charge is 0.296 e. The number of nitrogens with zero attached hydrogens (tertiary/aromatic N) is 2. The number of hydrogen-bond acceptors (Lipinski definition) is 2. The summed E-state index contributed by atoms with van der Waals surface area (Å²) in [5, 5.41) is 0.337. The molecule has 0 radical (unpaired) electrons. The van der Waals surface area contributed by atoms with E-state index in [1.165, 1.54) is 31.7 Å². The molecule has 0 unspecified atom stereocenters. The molecule has 0 N–H and O–H groups in total. The topological polar surface area (TPSA) is 34.9 Å². The molecular formula is C14H21ClN2O. The second-order valence-electron chi connectivity index (χ2n) is 5.12. The quantitative estimate of drug-likeness (QED) is 0.558. The Labute approximate surface area is 113 Å². The summed E-state index contributed by atoms with van der Waals surface area (Å²) >= 11 is 5.87. The van der Waals surface area contributed by atoms with Crippen LogP contribution in [-0.2, 0) is 6.54 Å². The fraction of sp³-hybridized carbons (Fsp3) is 0.714. The predicted octanol–water partition coefficient (Wildman–Crippen LogP) is 3.74. The summed E-state index contributed by atoms with van der Waals surface area (Å²) in [6, 6.07) is 1.43. The van der Waals surface area contributed by atoms with Crippen LogP contribution in [0, 0.1) is 0 Å². The van der Waals surface area contributed by atoms with Crippen molar-refractivity contribution in [3.8, 4) is 0 Å². The van der Waals surface area contributed by atoms with Crippen LogP contribution in [0.3, 0.4) is 0 Å². The van der Waals surface area contributed by atoms with Gasteiger partial charge in [0.1, 0.15) is 11.0 Å². The highest BCUT2D eigenvalue weighted by Crippen LogP contribution is 2.38. The molecule has 3 nitrogen and oxygen atoms in total. The average Bonchev–Trinajstić information content (AvgIpc) is 3.14. The molecule has 0 amide bonds. The van der Waals surface area contributed by atoms with Crippen LogP contribution in [0.2, 0.25) is 5.15 Å². The number of hydrogen-bond donors (Lipinski definition) is 0. The van der Waals surface area contributed by atoms with E-state index in [4.69, 9.17) is 11.6 Å². The highest BCUT2D eigenvalue weighted by Gasteiger charge is 2.28. The molecule has 2 rings (SSSR count). The van der Waals surface area contributed by atoms with Crippen LogP contribution in [0.4, 0.5) is 0 Å². The van der Waals surface area contributed by atoms with Crippen molar-refractivity contribution in [1.82, 2.24) is 9.55 Å². The summed E-state index contributed by atoms with van der Waals surface area (Å²) in [6.45, 7) is 3.00. The van der Waals surface area contributed by atoms with E-state index < -0.39 is 0 Å². The number of unbranched alkanes of at least 4 members (excludes halogenated alkanes) is 4. The number of halogens is 1. The van der Waals surface area contributed by atoms with E-state index in [2.05, 4.69) is 11.9 Å². The zero-order valence-corrected chi connectivity index (χ0v) is 11.7. The zero-order chi connectivity index (χ0) is 13.0. The molecule has 100 valence electrons. The summed E-state index contributed by atoms with van der Waals surface area (Å²) in [5.74, 6) is 1.37. The summed E-state index contributed by atoms with van der Waals surface area (Å²) in [4.78, 5) is 16.3. The van der Waals surface area contributed by atoms with Gasteiger partial charge in [-0.2, -0.15) is 0 Å². The Kier molecular flexibility index (Phi) is 4.81. The first-order valence-electron chi connectivity index (χ1n) is 6.99. The van der Waals surface area contributed by atoms with Crippen LogP contribution in [0.25, 0.3) is 0 Å². The van der Waals surface area contributed by atoms with Crippen molar-refractivity contribution in [2.24, 2.45) is 0 Å². The van der Waals surface area contributed by atoms with Gasteiger partial charge in [0.05, 0.1) is 0 Å². The van der Waals surface area contributed by atoms with Gasteiger partial charge in [-0.25, -0.2) is 4.98 Å². The van der Waals surface area contributed by atoms with Crippen molar-refractivity contribution < 1.29 is 0 Å². The second kappa shape index (κ2) is 6.37. The van der Waals surface area contributed by atoms with E-state index in [1.807, 2.05) is 4.57 Å². The first-order valence-corrected chi connectivity index (χ1v) is 7.37. The van der Waals surface area contributed by atoms with Crippen LogP contribution >= 0.6 is 11.6 Å². The molecule has 0 aliphatic heterocycles. The molecule has 1 aromatic heterocycles. The summed E-state index contributed by atoms with van der Waals surface area (Å²) in [5.41, 5.74) is 0.00684. The van der Waals surface area contributed by atoms with Gasteiger partial charge in [-0.1, -0.05) is 44.2 Å². The van der Waals surface area contributed by atoms with Crippen molar-refractivity contribution in [2.75, 3.05) is 0 Å². The third-order valence-electron chi connectivity index (χ3n) is 3.43. The third-order valence-corrected chi connectivity index (χ3v) is 3.63. The van der Waals surface area contributed by atoms with Gasteiger partial charge in [-0.05, 0) is 19.3 Å². The molecule has 18 heavy (non-hydrogen) atoms. The van der Waals surface area contributed by atoms with Crippen molar-refractivity contribution in [3.63, 3.8) is 0 Å². The lowest BCUT2D eigenvalue weighted by Gasteiger charge is -2.11. The molecule has 4 heteroatoms. The number of aromatic nitrogens is 2. The Morgan fingerprint density at radius 3 is 2.72 bits per heavy atom. The van der Waals surface area contributed by atoms with Crippen LogP contribution in [-0.4, -0.2) is 9.55 Å². The lowest BCUT2D eigenvalue weighted by Crippen LogP contribution is -2.24. The maximum atomic E-state index is 12.0. The maximum Gasteiger partial charge on any atom is 0.254 e. The zero-order valence-electron chi connectivity index (χ0n) is 11.0. The SMILES string of the molecule is CCCCCCCn1c(C2CC2)nc(Cl)cc1=O. The molecule has 1 aliphatic rings. The second-order valence-corrected chi connectivity index (χ2v) is 5.50. The van der Waals surface area contributed by atoms with Crippen LogP contribution in [0.15, 0.2) is 10.9 Å². The van der Waals surface area contributed by atoms with Gasteiger partial charge in [-0.15, -0.1) is 0 Å². The Morgan fingerprint density at radius 2 is 2.06 bits per heavy atom. The Hall–Kier alpha value is -0.830. The van der Waals surface area contributed by atoms with Gasteiger partial charge in [0.15, 0.2) is 0 Å². The van der Waals surface area contributed by atoms with E-state index in [0.717, 1.165) is 31.6 Å². The van der Waals surface area contributed by atoms with E-state index in [1.54, 1.807) is 0 Å². The van der Waals surface area contributed by atoms with Gasteiger partial charge >= 0.3 is 0 Å². The van der Waals surface area contributed by atoms with Gasteiger partial charge in [-0.3, -0.25) is 9.36 Å². The molecule has 0 atom stereocenters. The minimum absolute atomic E-state index is 0.00684. The highest BCUT2D eigenvalue weighted by molar-refractivity contribution is 6.29. The average molecular weight is 269 g/mol. The van der Waals surface area contributed by atoms with Crippen molar-refractivity contribution in [3.05, 3.63) is 27.4 Å². The molecule has 1 fully saturated rings. The first kappa shape index (κ1) is 13.6. The molecule has 1 heterocycles. The van der Waals surface area contributed by atoms with Crippen LogP contribution < -0.4 is 5.56 Å². The van der Waals surface area contributed by atoms with Crippen LogP contribution in [0.1, 0.15) is 63.6 Å². The van der Waals surface area contributed by atoms with Gasteiger partial charge in [0.25, 0.3) is 5.56 Å². The van der Waals surface area contributed by atoms with Crippen molar-refractivity contribution >= 4 is 11.6 Å². The fourth-order valence-corrected chi connectivity index (χ4v) is 2.43. The number of rotatable bonds is 7. The summed E-state index contributed by atoms with van der Waals surface area (Å²) in [6.07, 6.45) is 8.31. The fourth-order valence-electron chi connectivity index (χ4n) is 2.25. The normalized spacial score (nSPS) is 15.0. The lowest BCUT2D eigenvalue weighted by atomic mass is 10.1. The Balaban J connectivity index is 2.00. The molecular weight excluding hydrogens is 248 g/mol. The minimum atomic E-state index is 0.00684. The Bertz CT molecular complexity index is 452. The smallest absolute Gasteiger partial charge is 0.254 e. The first-order chi connectivity index (χ1) is 8.72. The molecule has 1 aliphatic carbocycles. The van der Waals surface area contributed by atoms with Gasteiger partial charge in [0.2, 0.25) is 0 Å². The molecule has 1 saturated carbocycles. The molecule has 1 aromatic rings. The summed E-state index contributed by atoms with van der Waals surface area (Å²) in [7, 11) is 0. The van der Waals surface area contributed by atoms with Crippen molar-refractivity contribution in [2.45, 2.75) is 64.3 Å². The monoisotopic (exact) mass is 268 g/mol. The van der Waals surface area contributed by atoms with E-state index in [-0.39, 0.29) is 5.56 Å². The standard InChI is InChI=1S/C14H21ClN2O/c1-2-3-4-5-6-9-17-13(18)10-12(15)16-14(17)11-7-8-11/h10-11H,2-9H2,1H3. The highest BCUT2D eigenvalue weighted by atomic mass is 35.5. The molecule has 0 spiro atoms. The maximum absolute atomic E-state index is 12.0. The predicted molar refractivity (Wildman–Crippen MR) is 74.2 cm³/mol. The minimum Gasteiger partial charge on any atom is -0.296 e. The Morgan fingerprint density at radius 1 is 1.33 bits per heavy atom. The van der Waals surface area contributed by atoms with Gasteiger partial charge in [0, 0.05) is 18.5 Å². The molecule has 0 saturated heterocycles. The van der Waals surface area contributed by atoms with E-state index >= 15 is 0 Å². The molecule has 0 bridgehead atoms. The van der Waals surface area contributed by atoms with Gasteiger partial charge < -0.3 is 0 Å².